The van der Waals surface area contributed by atoms with Gasteiger partial charge in [0.1, 0.15) is 5.75 Å². The van der Waals surface area contributed by atoms with Crippen molar-refractivity contribution < 1.29 is 14.3 Å². The molecule has 0 radical (unpaired) electrons. The zero-order chi connectivity index (χ0) is 15.1. The normalized spacial score (nSPS) is 10.0. The Labute approximate surface area is 123 Å². The molecule has 5 nitrogen and oxygen atoms in total. The Bertz CT molecular complexity index is 614. The van der Waals surface area contributed by atoms with Gasteiger partial charge in [-0.25, -0.2) is 4.98 Å². The molecule has 0 saturated carbocycles. The number of nitrogens with zero attached hydrogens (tertiary/aromatic N) is 1. The van der Waals surface area contributed by atoms with Gasteiger partial charge in [0.15, 0.2) is 6.61 Å². The van der Waals surface area contributed by atoms with Gasteiger partial charge in [0.25, 0.3) is 5.91 Å². The number of carbonyl (C=O) groups excluding carboxylic acids is 1. The molecule has 0 aliphatic carbocycles. The van der Waals surface area contributed by atoms with E-state index in [1.165, 1.54) is 0 Å². The van der Waals surface area contributed by atoms with Crippen LogP contribution in [-0.2, 0) is 11.3 Å². The number of ether oxygens (including phenoxy) is 2. The fourth-order valence-electron chi connectivity index (χ4n) is 1.84. The van der Waals surface area contributed by atoms with Gasteiger partial charge in [0.2, 0.25) is 5.88 Å². The molecule has 0 unspecified atom stereocenters. The van der Waals surface area contributed by atoms with E-state index in [0.29, 0.717) is 18.2 Å². The van der Waals surface area contributed by atoms with Gasteiger partial charge < -0.3 is 14.8 Å². The van der Waals surface area contributed by atoms with Crippen LogP contribution in [0.15, 0.2) is 42.6 Å². The summed E-state index contributed by atoms with van der Waals surface area (Å²) in [6, 6.07) is 11.2. The van der Waals surface area contributed by atoms with Gasteiger partial charge >= 0.3 is 0 Å². The molecule has 2 aromatic rings. The van der Waals surface area contributed by atoms with Crippen molar-refractivity contribution in [3.05, 3.63) is 53.7 Å². The number of methoxy groups -OCH3 is 1. The average Bonchev–Trinajstić information content (AvgIpc) is 2.51. The summed E-state index contributed by atoms with van der Waals surface area (Å²) in [5.41, 5.74) is 1.91. The SMILES string of the molecule is COc1ncccc1CNC(=O)COc1cccc(C)c1. The van der Waals surface area contributed by atoms with Crippen molar-refractivity contribution in [3.63, 3.8) is 0 Å². The van der Waals surface area contributed by atoms with Crippen molar-refractivity contribution in [2.45, 2.75) is 13.5 Å². The van der Waals surface area contributed by atoms with E-state index in [2.05, 4.69) is 10.3 Å². The molecule has 0 spiro atoms. The number of rotatable bonds is 6. The first-order chi connectivity index (χ1) is 10.2. The van der Waals surface area contributed by atoms with E-state index in [-0.39, 0.29) is 12.5 Å². The second-order valence-corrected chi connectivity index (χ2v) is 4.55. The van der Waals surface area contributed by atoms with Crippen LogP contribution in [0, 0.1) is 6.92 Å². The van der Waals surface area contributed by atoms with E-state index >= 15 is 0 Å². The molecule has 0 atom stereocenters. The average molecular weight is 286 g/mol. The maximum absolute atomic E-state index is 11.8. The van der Waals surface area contributed by atoms with E-state index in [1.807, 2.05) is 37.3 Å². The van der Waals surface area contributed by atoms with Crippen LogP contribution in [0.5, 0.6) is 11.6 Å². The largest absolute Gasteiger partial charge is 0.484 e. The minimum absolute atomic E-state index is 0.0218. The van der Waals surface area contributed by atoms with Crippen molar-refractivity contribution in [3.8, 4) is 11.6 Å². The highest BCUT2D eigenvalue weighted by Crippen LogP contribution is 2.13. The van der Waals surface area contributed by atoms with Crippen LogP contribution < -0.4 is 14.8 Å². The van der Waals surface area contributed by atoms with Crippen molar-refractivity contribution in [1.29, 1.82) is 0 Å². The summed E-state index contributed by atoms with van der Waals surface area (Å²) in [6.07, 6.45) is 1.64. The Kier molecular flexibility index (Phi) is 5.15. The highest BCUT2D eigenvalue weighted by Gasteiger charge is 2.06. The predicted octanol–water partition coefficient (Wildman–Crippen LogP) is 2.09. The lowest BCUT2D eigenvalue weighted by molar-refractivity contribution is -0.123. The van der Waals surface area contributed by atoms with E-state index in [0.717, 1.165) is 11.1 Å². The second-order valence-electron chi connectivity index (χ2n) is 4.55. The minimum atomic E-state index is -0.192. The topological polar surface area (TPSA) is 60.5 Å². The van der Waals surface area contributed by atoms with Gasteiger partial charge in [0, 0.05) is 18.3 Å². The molecule has 1 aromatic carbocycles. The van der Waals surface area contributed by atoms with Crippen LogP contribution in [0.2, 0.25) is 0 Å². The molecule has 0 aliphatic heterocycles. The van der Waals surface area contributed by atoms with Gasteiger partial charge in [-0.3, -0.25) is 4.79 Å². The van der Waals surface area contributed by atoms with Crippen LogP contribution in [0.4, 0.5) is 0 Å². The number of hydrogen-bond acceptors (Lipinski definition) is 4. The number of aryl methyl sites for hydroxylation is 1. The molecule has 110 valence electrons. The van der Waals surface area contributed by atoms with Gasteiger partial charge in [-0.2, -0.15) is 0 Å². The Morgan fingerprint density at radius 3 is 2.90 bits per heavy atom. The quantitative estimate of drug-likeness (QED) is 0.883. The van der Waals surface area contributed by atoms with Gasteiger partial charge in [0.05, 0.1) is 7.11 Å². The number of amides is 1. The molecule has 0 fully saturated rings. The first-order valence-electron chi connectivity index (χ1n) is 6.63. The molecule has 5 heteroatoms. The monoisotopic (exact) mass is 286 g/mol. The Morgan fingerprint density at radius 1 is 1.29 bits per heavy atom. The third-order valence-corrected chi connectivity index (χ3v) is 2.88. The summed E-state index contributed by atoms with van der Waals surface area (Å²) in [5, 5.41) is 2.77. The second kappa shape index (κ2) is 7.28. The Morgan fingerprint density at radius 2 is 2.14 bits per heavy atom. The third-order valence-electron chi connectivity index (χ3n) is 2.88. The zero-order valence-corrected chi connectivity index (χ0v) is 12.1. The number of aromatic nitrogens is 1. The molecular formula is C16H18N2O3. The first-order valence-corrected chi connectivity index (χ1v) is 6.63. The molecule has 1 N–H and O–H groups in total. The van der Waals surface area contributed by atoms with Crippen molar-refractivity contribution >= 4 is 5.91 Å². The molecule has 1 amide bonds. The van der Waals surface area contributed by atoms with E-state index < -0.39 is 0 Å². The standard InChI is InChI=1S/C16H18N2O3/c1-12-5-3-7-14(9-12)21-11-15(19)18-10-13-6-4-8-17-16(13)20-2/h3-9H,10-11H2,1-2H3,(H,18,19). The zero-order valence-electron chi connectivity index (χ0n) is 12.1. The highest BCUT2D eigenvalue weighted by molar-refractivity contribution is 5.77. The Hall–Kier alpha value is -2.56. The number of pyridine rings is 1. The molecular weight excluding hydrogens is 268 g/mol. The first kappa shape index (κ1) is 14.8. The van der Waals surface area contributed by atoms with Crippen LogP contribution in [0.1, 0.15) is 11.1 Å². The number of benzene rings is 1. The smallest absolute Gasteiger partial charge is 0.258 e. The van der Waals surface area contributed by atoms with Crippen molar-refractivity contribution in [2.75, 3.05) is 13.7 Å². The van der Waals surface area contributed by atoms with E-state index in [1.54, 1.807) is 19.4 Å². The lowest BCUT2D eigenvalue weighted by atomic mass is 10.2. The van der Waals surface area contributed by atoms with Crippen LogP contribution in [0.3, 0.4) is 0 Å². The van der Waals surface area contributed by atoms with Crippen molar-refractivity contribution in [2.24, 2.45) is 0 Å². The highest BCUT2D eigenvalue weighted by atomic mass is 16.5. The predicted molar refractivity (Wildman–Crippen MR) is 79.3 cm³/mol. The van der Waals surface area contributed by atoms with Crippen LogP contribution in [-0.4, -0.2) is 24.6 Å². The fraction of sp³-hybridized carbons (Fsp3) is 0.250. The Balaban J connectivity index is 1.82. The summed E-state index contributed by atoms with van der Waals surface area (Å²) >= 11 is 0. The molecule has 0 saturated heterocycles. The maximum Gasteiger partial charge on any atom is 0.258 e. The summed E-state index contributed by atoms with van der Waals surface area (Å²) < 4.78 is 10.6. The van der Waals surface area contributed by atoms with Gasteiger partial charge in [-0.1, -0.05) is 18.2 Å². The van der Waals surface area contributed by atoms with E-state index in [4.69, 9.17) is 9.47 Å². The minimum Gasteiger partial charge on any atom is -0.484 e. The summed E-state index contributed by atoms with van der Waals surface area (Å²) in [6.45, 7) is 2.31. The lowest BCUT2D eigenvalue weighted by Gasteiger charge is -2.09. The van der Waals surface area contributed by atoms with Gasteiger partial charge in [-0.05, 0) is 30.7 Å². The van der Waals surface area contributed by atoms with Crippen LogP contribution in [0.25, 0.3) is 0 Å². The molecule has 1 heterocycles. The van der Waals surface area contributed by atoms with Gasteiger partial charge in [-0.15, -0.1) is 0 Å². The van der Waals surface area contributed by atoms with Crippen LogP contribution >= 0.6 is 0 Å². The molecule has 0 bridgehead atoms. The number of carbonyl (C=O) groups is 1. The van der Waals surface area contributed by atoms with Crippen molar-refractivity contribution in [1.82, 2.24) is 10.3 Å². The molecule has 1 aromatic heterocycles. The number of hydrogen-bond donors (Lipinski definition) is 1. The summed E-state index contributed by atoms with van der Waals surface area (Å²) in [4.78, 5) is 15.9. The fourth-order valence-corrected chi connectivity index (χ4v) is 1.84. The molecule has 0 aliphatic rings. The number of nitrogens with one attached hydrogen (secondary N) is 1. The summed E-state index contributed by atoms with van der Waals surface area (Å²) in [5.74, 6) is 1.00. The van der Waals surface area contributed by atoms with E-state index in [9.17, 15) is 4.79 Å². The molecule has 21 heavy (non-hydrogen) atoms. The lowest BCUT2D eigenvalue weighted by Crippen LogP contribution is -2.28. The maximum atomic E-state index is 11.8. The third kappa shape index (κ3) is 4.49. The molecule has 2 rings (SSSR count). The summed E-state index contributed by atoms with van der Waals surface area (Å²) in [7, 11) is 1.55.